The highest BCUT2D eigenvalue weighted by atomic mass is 32.2. The highest BCUT2D eigenvalue weighted by Gasteiger charge is 2.15. The fourth-order valence-electron chi connectivity index (χ4n) is 2.63. The summed E-state index contributed by atoms with van der Waals surface area (Å²) in [5.74, 6) is 0.411. The lowest BCUT2D eigenvalue weighted by Crippen LogP contribution is -2.28. The first-order valence-electron chi connectivity index (χ1n) is 8.63. The Kier molecular flexibility index (Phi) is 6.13. The molecule has 1 amide bonds. The van der Waals surface area contributed by atoms with Crippen LogP contribution in [0.2, 0.25) is 0 Å². The zero-order valence-electron chi connectivity index (χ0n) is 15.2. The van der Waals surface area contributed by atoms with E-state index in [9.17, 15) is 9.59 Å². The van der Waals surface area contributed by atoms with E-state index in [-0.39, 0.29) is 23.1 Å². The van der Waals surface area contributed by atoms with Crippen molar-refractivity contribution in [3.63, 3.8) is 0 Å². The van der Waals surface area contributed by atoms with Crippen molar-refractivity contribution in [1.82, 2.24) is 15.3 Å². The number of aromatic amines is 1. The standard InChI is InChI=1S/C20H21N3O3S/c1-13-17(11-18(24)21-12-16-9-6-10-26-16)19(25)23-20(22-13)27-14(2)15-7-4-3-5-8-15/h3-10,14H,11-12H2,1-2H3,(H,21,24)(H,22,23,25). The molecule has 0 radical (unpaired) electrons. The van der Waals surface area contributed by atoms with Crippen LogP contribution in [0.3, 0.4) is 0 Å². The number of carbonyl (C=O) groups excluding carboxylic acids is 1. The second-order valence-electron chi connectivity index (χ2n) is 6.14. The van der Waals surface area contributed by atoms with Crippen molar-refractivity contribution < 1.29 is 9.21 Å². The molecule has 1 atom stereocenters. The van der Waals surface area contributed by atoms with Gasteiger partial charge in [-0.15, -0.1) is 0 Å². The minimum Gasteiger partial charge on any atom is -0.467 e. The van der Waals surface area contributed by atoms with Crippen molar-refractivity contribution in [2.75, 3.05) is 0 Å². The Morgan fingerprint density at radius 1 is 1.26 bits per heavy atom. The van der Waals surface area contributed by atoms with E-state index < -0.39 is 0 Å². The molecule has 2 heterocycles. The number of rotatable bonds is 7. The highest BCUT2D eigenvalue weighted by molar-refractivity contribution is 7.99. The SMILES string of the molecule is Cc1nc(SC(C)c2ccccc2)[nH]c(=O)c1CC(=O)NCc1ccco1. The smallest absolute Gasteiger partial charge is 0.255 e. The van der Waals surface area contributed by atoms with Gasteiger partial charge in [-0.25, -0.2) is 4.98 Å². The van der Waals surface area contributed by atoms with Gasteiger partial charge in [0.05, 0.1) is 19.2 Å². The van der Waals surface area contributed by atoms with Crippen LogP contribution in [0, 0.1) is 6.92 Å². The number of aryl methyl sites for hydroxylation is 1. The van der Waals surface area contributed by atoms with Crippen molar-refractivity contribution in [2.45, 2.75) is 37.2 Å². The monoisotopic (exact) mass is 383 g/mol. The van der Waals surface area contributed by atoms with E-state index in [1.807, 2.05) is 30.3 Å². The van der Waals surface area contributed by atoms with E-state index in [0.717, 1.165) is 5.56 Å². The molecule has 27 heavy (non-hydrogen) atoms. The van der Waals surface area contributed by atoms with E-state index in [1.165, 1.54) is 11.8 Å². The van der Waals surface area contributed by atoms with Crippen LogP contribution < -0.4 is 10.9 Å². The second kappa shape index (κ2) is 8.73. The van der Waals surface area contributed by atoms with Crippen molar-refractivity contribution in [1.29, 1.82) is 0 Å². The Labute approximate surface area is 161 Å². The van der Waals surface area contributed by atoms with Crippen molar-refractivity contribution in [3.05, 3.63) is 81.7 Å². The predicted octanol–water partition coefficient (Wildman–Crippen LogP) is 3.38. The minimum absolute atomic E-state index is 0.0198. The van der Waals surface area contributed by atoms with Crippen LogP contribution in [0.1, 0.15) is 34.8 Å². The molecule has 0 spiro atoms. The van der Waals surface area contributed by atoms with Crippen LogP contribution >= 0.6 is 11.8 Å². The molecule has 3 rings (SSSR count). The quantitative estimate of drug-likeness (QED) is 0.482. The van der Waals surface area contributed by atoms with E-state index in [1.54, 1.807) is 25.3 Å². The molecule has 6 nitrogen and oxygen atoms in total. The maximum absolute atomic E-state index is 12.4. The summed E-state index contributed by atoms with van der Waals surface area (Å²) in [4.78, 5) is 31.8. The average Bonchev–Trinajstić information content (AvgIpc) is 3.17. The first-order valence-corrected chi connectivity index (χ1v) is 9.51. The topological polar surface area (TPSA) is 88.0 Å². The number of benzene rings is 1. The van der Waals surface area contributed by atoms with Crippen LogP contribution in [-0.4, -0.2) is 15.9 Å². The second-order valence-corrected chi connectivity index (χ2v) is 7.47. The molecule has 0 fully saturated rings. The van der Waals surface area contributed by atoms with Gasteiger partial charge in [0.1, 0.15) is 5.76 Å². The number of hydrogen-bond donors (Lipinski definition) is 2. The van der Waals surface area contributed by atoms with Gasteiger partial charge in [-0.2, -0.15) is 0 Å². The Morgan fingerprint density at radius 2 is 2.04 bits per heavy atom. The van der Waals surface area contributed by atoms with Gasteiger partial charge in [0.25, 0.3) is 5.56 Å². The Morgan fingerprint density at radius 3 is 2.70 bits per heavy atom. The number of nitrogens with one attached hydrogen (secondary N) is 2. The maximum atomic E-state index is 12.4. The van der Waals surface area contributed by atoms with Gasteiger partial charge in [-0.1, -0.05) is 42.1 Å². The van der Waals surface area contributed by atoms with Gasteiger partial charge in [-0.3, -0.25) is 9.59 Å². The molecule has 0 aliphatic heterocycles. The number of furan rings is 1. The molecule has 2 N–H and O–H groups in total. The van der Waals surface area contributed by atoms with E-state index in [0.29, 0.717) is 28.7 Å². The zero-order valence-corrected chi connectivity index (χ0v) is 16.0. The lowest BCUT2D eigenvalue weighted by molar-refractivity contribution is -0.120. The van der Waals surface area contributed by atoms with Gasteiger partial charge >= 0.3 is 0 Å². The molecule has 0 saturated carbocycles. The molecule has 1 aromatic carbocycles. The molecule has 1 unspecified atom stereocenters. The maximum Gasteiger partial charge on any atom is 0.255 e. The summed E-state index contributed by atoms with van der Waals surface area (Å²) < 4.78 is 5.17. The number of nitrogens with zero attached hydrogens (tertiary/aromatic N) is 1. The molecule has 2 aromatic heterocycles. The fourth-order valence-corrected chi connectivity index (χ4v) is 3.60. The third kappa shape index (κ3) is 5.10. The van der Waals surface area contributed by atoms with Crippen molar-refractivity contribution >= 4 is 17.7 Å². The van der Waals surface area contributed by atoms with Gasteiger partial charge in [0, 0.05) is 16.5 Å². The highest BCUT2D eigenvalue weighted by Crippen LogP contribution is 2.32. The van der Waals surface area contributed by atoms with Crippen LogP contribution in [-0.2, 0) is 17.8 Å². The van der Waals surface area contributed by atoms with Crippen LogP contribution in [0.5, 0.6) is 0 Å². The van der Waals surface area contributed by atoms with Gasteiger partial charge in [0.15, 0.2) is 5.16 Å². The number of aromatic nitrogens is 2. The molecular weight excluding hydrogens is 362 g/mol. The van der Waals surface area contributed by atoms with Crippen LogP contribution in [0.15, 0.2) is 63.1 Å². The van der Waals surface area contributed by atoms with Gasteiger partial charge < -0.3 is 14.7 Å². The van der Waals surface area contributed by atoms with E-state index in [4.69, 9.17) is 4.42 Å². The summed E-state index contributed by atoms with van der Waals surface area (Å²) in [5.41, 5.74) is 1.82. The Hall–Kier alpha value is -2.80. The molecule has 0 saturated heterocycles. The fraction of sp³-hybridized carbons (Fsp3) is 0.250. The van der Waals surface area contributed by atoms with Crippen molar-refractivity contribution in [3.8, 4) is 0 Å². The summed E-state index contributed by atoms with van der Waals surface area (Å²) in [7, 11) is 0. The Balaban J connectivity index is 1.65. The van der Waals surface area contributed by atoms with Gasteiger partial charge in [0.2, 0.25) is 5.91 Å². The van der Waals surface area contributed by atoms with Crippen molar-refractivity contribution in [2.24, 2.45) is 0 Å². The normalized spacial score (nSPS) is 11.9. The third-order valence-corrected chi connectivity index (χ3v) is 5.18. The summed E-state index contributed by atoms with van der Waals surface area (Å²) in [6.45, 7) is 4.10. The summed E-state index contributed by atoms with van der Waals surface area (Å²) in [5, 5.41) is 3.44. The van der Waals surface area contributed by atoms with Gasteiger partial charge in [-0.05, 0) is 31.5 Å². The number of carbonyl (C=O) groups is 1. The number of H-pyrrole nitrogens is 1. The third-order valence-electron chi connectivity index (χ3n) is 4.14. The molecule has 3 aromatic rings. The molecule has 7 heteroatoms. The molecule has 0 aliphatic carbocycles. The molecular formula is C20H21N3O3S. The largest absolute Gasteiger partial charge is 0.467 e. The summed E-state index contributed by atoms with van der Waals surface area (Å²) >= 11 is 1.48. The first kappa shape index (κ1) is 19.0. The number of thioether (sulfide) groups is 1. The number of amides is 1. The average molecular weight is 383 g/mol. The minimum atomic E-state index is -0.279. The zero-order chi connectivity index (χ0) is 19.2. The summed E-state index contributed by atoms with van der Waals surface area (Å²) in [6, 6.07) is 13.6. The van der Waals surface area contributed by atoms with Crippen LogP contribution in [0.4, 0.5) is 0 Å². The lowest BCUT2D eigenvalue weighted by atomic mass is 10.1. The van der Waals surface area contributed by atoms with Crippen LogP contribution in [0.25, 0.3) is 0 Å². The lowest BCUT2D eigenvalue weighted by Gasteiger charge is -2.12. The number of hydrogen-bond acceptors (Lipinski definition) is 5. The van der Waals surface area contributed by atoms with E-state index >= 15 is 0 Å². The summed E-state index contributed by atoms with van der Waals surface area (Å²) in [6.07, 6.45) is 1.53. The Bertz CT molecular complexity index is 952. The predicted molar refractivity (Wildman–Crippen MR) is 105 cm³/mol. The first-order chi connectivity index (χ1) is 13.0. The molecule has 0 aliphatic rings. The molecule has 140 valence electrons. The van der Waals surface area contributed by atoms with E-state index in [2.05, 4.69) is 22.2 Å². The molecule has 0 bridgehead atoms.